The summed E-state index contributed by atoms with van der Waals surface area (Å²) in [6.45, 7) is 4.48. The average molecular weight is 454 g/mol. The number of thiophene rings is 1. The standard InChI is InChI=1S/C24H21ClFN3OS/c1-15(2)23-10-16(14-31-23)24(30)28-27-11-17-12-29(22-9-4-3-6-18(17)22)13-19-20(25)7-5-8-21(19)26/h3-12,14-15H,13H2,1-2H3,(H,28,30)/b27-11+. The fourth-order valence-corrected chi connectivity index (χ4v) is 4.49. The van der Waals surface area contributed by atoms with Gasteiger partial charge in [-0.25, -0.2) is 9.82 Å². The summed E-state index contributed by atoms with van der Waals surface area (Å²) in [4.78, 5) is 13.5. The van der Waals surface area contributed by atoms with Crippen LogP contribution in [0.5, 0.6) is 0 Å². The molecule has 158 valence electrons. The number of hydrogen-bond acceptors (Lipinski definition) is 3. The SMILES string of the molecule is CC(C)c1cc(C(=O)N/N=C/c2cn(Cc3c(F)cccc3Cl)c3ccccc23)cs1. The molecule has 2 aromatic carbocycles. The summed E-state index contributed by atoms with van der Waals surface area (Å²) >= 11 is 7.78. The molecule has 1 N–H and O–H groups in total. The molecule has 7 heteroatoms. The number of fused-ring (bicyclic) bond motifs is 1. The van der Waals surface area contributed by atoms with Crippen molar-refractivity contribution >= 4 is 46.0 Å². The summed E-state index contributed by atoms with van der Waals surface area (Å²) in [6, 6.07) is 14.3. The predicted octanol–water partition coefficient (Wildman–Crippen LogP) is 6.43. The van der Waals surface area contributed by atoms with Gasteiger partial charge in [-0.15, -0.1) is 11.3 Å². The highest BCUT2D eigenvalue weighted by Gasteiger charge is 2.13. The lowest BCUT2D eigenvalue weighted by Gasteiger charge is -2.08. The summed E-state index contributed by atoms with van der Waals surface area (Å²) in [5.41, 5.74) is 5.36. The number of para-hydroxylation sites is 1. The van der Waals surface area contributed by atoms with Gasteiger partial charge in [0, 0.05) is 43.5 Å². The van der Waals surface area contributed by atoms with Crippen molar-refractivity contribution in [3.8, 4) is 0 Å². The third kappa shape index (κ3) is 4.55. The van der Waals surface area contributed by atoms with E-state index in [9.17, 15) is 9.18 Å². The zero-order chi connectivity index (χ0) is 22.0. The molecule has 0 atom stereocenters. The van der Waals surface area contributed by atoms with Crippen molar-refractivity contribution in [1.29, 1.82) is 0 Å². The predicted molar refractivity (Wildman–Crippen MR) is 126 cm³/mol. The Kier molecular flexibility index (Phi) is 6.20. The van der Waals surface area contributed by atoms with Crippen LogP contribution in [0.15, 0.2) is 65.2 Å². The molecule has 4 aromatic rings. The molecule has 0 aliphatic heterocycles. The van der Waals surface area contributed by atoms with E-state index in [-0.39, 0.29) is 11.7 Å². The molecule has 0 unspecified atom stereocenters. The van der Waals surface area contributed by atoms with E-state index in [0.717, 1.165) is 21.3 Å². The maximum atomic E-state index is 14.3. The monoisotopic (exact) mass is 453 g/mol. The zero-order valence-corrected chi connectivity index (χ0v) is 18.7. The van der Waals surface area contributed by atoms with Gasteiger partial charge in [-0.1, -0.05) is 49.7 Å². The fourth-order valence-electron chi connectivity index (χ4n) is 3.36. The second-order valence-corrected chi connectivity index (χ2v) is 8.87. The zero-order valence-electron chi connectivity index (χ0n) is 17.1. The Bertz CT molecular complexity index is 1250. The van der Waals surface area contributed by atoms with Gasteiger partial charge in [0.25, 0.3) is 5.91 Å². The highest BCUT2D eigenvalue weighted by molar-refractivity contribution is 7.10. The number of carbonyl (C=O) groups excluding carboxylic acids is 1. The maximum Gasteiger partial charge on any atom is 0.272 e. The van der Waals surface area contributed by atoms with Crippen molar-refractivity contribution in [2.75, 3.05) is 0 Å². The van der Waals surface area contributed by atoms with Crippen molar-refractivity contribution in [2.45, 2.75) is 26.3 Å². The van der Waals surface area contributed by atoms with Crippen molar-refractivity contribution < 1.29 is 9.18 Å². The van der Waals surface area contributed by atoms with Gasteiger partial charge in [0.15, 0.2) is 0 Å². The van der Waals surface area contributed by atoms with E-state index in [1.54, 1.807) is 29.7 Å². The van der Waals surface area contributed by atoms with Crippen molar-refractivity contribution in [3.63, 3.8) is 0 Å². The first-order chi connectivity index (χ1) is 14.9. The smallest absolute Gasteiger partial charge is 0.272 e. The van der Waals surface area contributed by atoms with E-state index in [0.29, 0.717) is 28.6 Å². The van der Waals surface area contributed by atoms with E-state index in [4.69, 9.17) is 11.6 Å². The number of nitrogens with one attached hydrogen (secondary N) is 1. The van der Waals surface area contributed by atoms with E-state index in [1.807, 2.05) is 46.5 Å². The number of amides is 1. The van der Waals surface area contributed by atoms with Gasteiger partial charge in [0.05, 0.1) is 18.3 Å². The van der Waals surface area contributed by atoms with Crippen LogP contribution >= 0.6 is 22.9 Å². The molecular formula is C24H21ClFN3OS. The largest absolute Gasteiger partial charge is 0.342 e. The minimum Gasteiger partial charge on any atom is -0.342 e. The van der Waals surface area contributed by atoms with Gasteiger partial charge in [0.2, 0.25) is 0 Å². The van der Waals surface area contributed by atoms with Crippen molar-refractivity contribution in [1.82, 2.24) is 9.99 Å². The fraction of sp³-hybridized carbons (Fsp3) is 0.167. The first kappa shape index (κ1) is 21.3. The molecule has 0 radical (unpaired) electrons. The lowest BCUT2D eigenvalue weighted by Crippen LogP contribution is -2.16. The van der Waals surface area contributed by atoms with Gasteiger partial charge in [0.1, 0.15) is 5.82 Å². The van der Waals surface area contributed by atoms with Gasteiger partial charge in [-0.05, 0) is 30.2 Å². The lowest BCUT2D eigenvalue weighted by molar-refractivity contribution is 0.0955. The number of benzene rings is 2. The Labute approximate surface area is 189 Å². The molecule has 0 saturated carbocycles. The number of hydrazone groups is 1. The summed E-state index contributed by atoms with van der Waals surface area (Å²) in [5.74, 6) is -0.213. The molecule has 0 spiro atoms. The Morgan fingerprint density at radius 1 is 1.26 bits per heavy atom. The van der Waals surface area contributed by atoms with Crippen LogP contribution in [0.1, 0.15) is 46.1 Å². The Balaban J connectivity index is 1.57. The third-order valence-electron chi connectivity index (χ3n) is 5.03. The topological polar surface area (TPSA) is 46.4 Å². The summed E-state index contributed by atoms with van der Waals surface area (Å²) in [6.07, 6.45) is 3.49. The highest BCUT2D eigenvalue weighted by Crippen LogP contribution is 2.25. The Morgan fingerprint density at radius 3 is 2.81 bits per heavy atom. The minimum absolute atomic E-state index is 0.249. The number of carbonyl (C=O) groups is 1. The second-order valence-electron chi connectivity index (χ2n) is 7.52. The van der Waals surface area contributed by atoms with Crippen LogP contribution in [-0.4, -0.2) is 16.7 Å². The van der Waals surface area contributed by atoms with E-state index >= 15 is 0 Å². The van der Waals surface area contributed by atoms with Crippen LogP contribution in [0.2, 0.25) is 5.02 Å². The number of hydrogen-bond donors (Lipinski definition) is 1. The number of rotatable bonds is 6. The summed E-state index contributed by atoms with van der Waals surface area (Å²) < 4.78 is 16.2. The molecule has 2 heterocycles. The Morgan fingerprint density at radius 2 is 2.06 bits per heavy atom. The van der Waals surface area contributed by atoms with Crippen LogP contribution in [0.3, 0.4) is 0 Å². The van der Waals surface area contributed by atoms with Gasteiger partial charge in [-0.2, -0.15) is 5.10 Å². The van der Waals surface area contributed by atoms with Gasteiger partial charge >= 0.3 is 0 Å². The molecule has 4 nitrogen and oxygen atoms in total. The van der Waals surface area contributed by atoms with Crippen LogP contribution in [-0.2, 0) is 6.54 Å². The van der Waals surface area contributed by atoms with E-state index in [2.05, 4.69) is 24.4 Å². The number of nitrogens with zero attached hydrogens (tertiary/aromatic N) is 2. The van der Waals surface area contributed by atoms with Crippen LogP contribution in [0, 0.1) is 5.82 Å². The lowest BCUT2D eigenvalue weighted by atomic mass is 10.1. The average Bonchev–Trinajstić information content (AvgIpc) is 3.37. The molecule has 0 fully saturated rings. The highest BCUT2D eigenvalue weighted by atomic mass is 35.5. The molecule has 0 aliphatic rings. The maximum absolute atomic E-state index is 14.3. The molecule has 4 rings (SSSR count). The second kappa shape index (κ2) is 9.04. The first-order valence-corrected chi connectivity index (χ1v) is 11.1. The van der Waals surface area contributed by atoms with Gasteiger partial charge in [-0.3, -0.25) is 4.79 Å². The minimum atomic E-state index is -0.343. The number of halogens is 2. The van der Waals surface area contributed by atoms with Crippen LogP contribution < -0.4 is 5.43 Å². The summed E-state index contributed by atoms with van der Waals surface area (Å²) in [5, 5.41) is 7.32. The molecule has 0 saturated heterocycles. The molecule has 31 heavy (non-hydrogen) atoms. The summed E-state index contributed by atoms with van der Waals surface area (Å²) in [7, 11) is 0. The quantitative estimate of drug-likeness (QED) is 0.265. The van der Waals surface area contributed by atoms with E-state index < -0.39 is 0 Å². The van der Waals surface area contributed by atoms with Crippen LogP contribution in [0.4, 0.5) is 4.39 Å². The Hall–Kier alpha value is -2.96. The van der Waals surface area contributed by atoms with Crippen molar-refractivity contribution in [3.05, 3.63) is 92.5 Å². The molecule has 0 bridgehead atoms. The van der Waals surface area contributed by atoms with E-state index in [1.165, 1.54) is 6.07 Å². The molecule has 0 aliphatic carbocycles. The normalized spacial score (nSPS) is 11.6. The van der Waals surface area contributed by atoms with Crippen LogP contribution in [0.25, 0.3) is 10.9 Å². The molecule has 1 amide bonds. The molecule has 2 aromatic heterocycles. The third-order valence-corrected chi connectivity index (χ3v) is 6.62. The number of aromatic nitrogens is 1. The van der Waals surface area contributed by atoms with Crippen molar-refractivity contribution in [2.24, 2.45) is 5.10 Å². The van der Waals surface area contributed by atoms with Gasteiger partial charge < -0.3 is 4.57 Å². The molecular weight excluding hydrogens is 433 g/mol. The first-order valence-electron chi connectivity index (χ1n) is 9.86.